The second-order valence-corrected chi connectivity index (χ2v) is 3.26. The number of hydrogen-bond acceptors (Lipinski definition) is 4. The minimum absolute atomic E-state index is 0.363. The van der Waals surface area contributed by atoms with E-state index in [1.165, 1.54) is 0 Å². The summed E-state index contributed by atoms with van der Waals surface area (Å²) in [4.78, 5) is 0. The smallest absolute Gasteiger partial charge is 0.111 e. The Kier molecular flexibility index (Phi) is 3.06. The Morgan fingerprint density at radius 1 is 1.08 bits per heavy atom. The molecule has 1 heterocycles. The van der Waals surface area contributed by atoms with Gasteiger partial charge >= 0.3 is 0 Å². The van der Waals surface area contributed by atoms with Crippen LogP contribution in [0, 0.1) is 0 Å². The first-order chi connectivity index (χ1) is 5.57. The van der Waals surface area contributed by atoms with Gasteiger partial charge in [-0.15, -0.1) is 0 Å². The summed E-state index contributed by atoms with van der Waals surface area (Å²) in [7, 11) is 0. The van der Waals surface area contributed by atoms with Gasteiger partial charge in [-0.2, -0.15) is 0 Å². The average Bonchev–Trinajstić information content (AvgIpc) is 2.08. The molecular weight excluding hydrogens is 160 g/mol. The third-order valence-corrected chi connectivity index (χ3v) is 2.35. The average molecular weight is 176 g/mol. The molecule has 0 aromatic heterocycles. The van der Waals surface area contributed by atoms with Gasteiger partial charge in [-0.3, -0.25) is 0 Å². The van der Waals surface area contributed by atoms with Crippen molar-refractivity contribution in [1.82, 2.24) is 0 Å². The highest BCUT2D eigenvalue weighted by molar-refractivity contribution is 4.89. The highest BCUT2D eigenvalue weighted by Crippen LogP contribution is 2.22. The second kappa shape index (κ2) is 3.70. The summed E-state index contributed by atoms with van der Waals surface area (Å²) >= 11 is 0. The predicted molar refractivity (Wildman–Crippen MR) is 42.6 cm³/mol. The van der Waals surface area contributed by atoms with Gasteiger partial charge in [-0.05, 0) is 13.3 Å². The van der Waals surface area contributed by atoms with Crippen LogP contribution in [0.5, 0.6) is 0 Å². The highest BCUT2D eigenvalue weighted by atomic mass is 16.5. The molecule has 1 fully saturated rings. The van der Waals surface area contributed by atoms with E-state index < -0.39 is 24.4 Å². The molecule has 4 nitrogen and oxygen atoms in total. The fraction of sp³-hybridized carbons (Fsp3) is 1.00. The van der Waals surface area contributed by atoms with Crippen LogP contribution in [0.25, 0.3) is 0 Å². The molecule has 0 bridgehead atoms. The summed E-state index contributed by atoms with van der Waals surface area (Å²) in [5, 5.41) is 28.0. The van der Waals surface area contributed by atoms with E-state index in [0.29, 0.717) is 6.42 Å². The lowest BCUT2D eigenvalue weighted by atomic mass is 9.94. The summed E-state index contributed by atoms with van der Waals surface area (Å²) in [6.45, 7) is 3.55. The van der Waals surface area contributed by atoms with Gasteiger partial charge in [0.15, 0.2) is 0 Å². The van der Waals surface area contributed by atoms with E-state index in [-0.39, 0.29) is 6.10 Å². The van der Waals surface area contributed by atoms with Crippen LogP contribution in [0.4, 0.5) is 0 Å². The van der Waals surface area contributed by atoms with E-state index >= 15 is 0 Å². The van der Waals surface area contributed by atoms with E-state index in [1.807, 2.05) is 6.92 Å². The van der Waals surface area contributed by atoms with E-state index in [1.54, 1.807) is 6.92 Å². The van der Waals surface area contributed by atoms with Gasteiger partial charge in [-0.1, -0.05) is 6.92 Å². The molecule has 1 aliphatic rings. The van der Waals surface area contributed by atoms with Gasteiger partial charge in [0.1, 0.15) is 18.3 Å². The minimum atomic E-state index is -1.08. The van der Waals surface area contributed by atoms with Crippen molar-refractivity contribution in [3.05, 3.63) is 0 Å². The SMILES string of the molecule is CC[C@H]1O[C@@H](C)[C@H](O)[C@@H](O)[C@@H]1O. The molecule has 0 saturated carbocycles. The van der Waals surface area contributed by atoms with E-state index in [2.05, 4.69) is 0 Å². The third-order valence-electron chi connectivity index (χ3n) is 2.35. The summed E-state index contributed by atoms with van der Waals surface area (Å²) < 4.78 is 5.27. The van der Waals surface area contributed by atoms with Crippen LogP contribution in [0.2, 0.25) is 0 Å². The Labute approximate surface area is 71.8 Å². The zero-order valence-corrected chi connectivity index (χ0v) is 7.34. The first-order valence-corrected chi connectivity index (χ1v) is 4.27. The van der Waals surface area contributed by atoms with Crippen molar-refractivity contribution in [1.29, 1.82) is 0 Å². The molecule has 4 heteroatoms. The third kappa shape index (κ3) is 1.61. The van der Waals surface area contributed by atoms with Gasteiger partial charge in [-0.25, -0.2) is 0 Å². The van der Waals surface area contributed by atoms with Crippen LogP contribution in [-0.4, -0.2) is 45.8 Å². The van der Waals surface area contributed by atoms with Gasteiger partial charge in [0.05, 0.1) is 12.2 Å². The Hall–Kier alpha value is -0.160. The lowest BCUT2D eigenvalue weighted by Gasteiger charge is -2.39. The van der Waals surface area contributed by atoms with Crippen LogP contribution >= 0.6 is 0 Å². The van der Waals surface area contributed by atoms with Crippen molar-refractivity contribution >= 4 is 0 Å². The molecule has 0 aromatic carbocycles. The molecule has 12 heavy (non-hydrogen) atoms. The molecule has 3 N–H and O–H groups in total. The number of hydrogen-bond donors (Lipinski definition) is 3. The van der Waals surface area contributed by atoms with Gasteiger partial charge < -0.3 is 20.1 Å². The van der Waals surface area contributed by atoms with E-state index in [9.17, 15) is 15.3 Å². The molecule has 0 radical (unpaired) electrons. The Morgan fingerprint density at radius 3 is 2.17 bits per heavy atom. The number of rotatable bonds is 1. The predicted octanol–water partition coefficient (Wildman–Crippen LogP) is -0.734. The van der Waals surface area contributed by atoms with Crippen molar-refractivity contribution in [2.75, 3.05) is 0 Å². The molecular formula is C8H16O4. The normalized spacial score (nSPS) is 49.2. The molecule has 0 spiro atoms. The first kappa shape index (κ1) is 9.92. The molecule has 1 saturated heterocycles. The maximum atomic E-state index is 9.39. The minimum Gasteiger partial charge on any atom is -0.388 e. The molecule has 1 rings (SSSR count). The Morgan fingerprint density at radius 2 is 1.67 bits per heavy atom. The molecule has 0 aromatic rings. The van der Waals surface area contributed by atoms with Crippen LogP contribution in [0.1, 0.15) is 20.3 Å². The summed E-state index contributed by atoms with van der Waals surface area (Å²) in [5.41, 5.74) is 0. The van der Waals surface area contributed by atoms with Crippen molar-refractivity contribution in [3.8, 4) is 0 Å². The zero-order chi connectivity index (χ0) is 9.30. The van der Waals surface area contributed by atoms with Crippen LogP contribution < -0.4 is 0 Å². The fourth-order valence-corrected chi connectivity index (χ4v) is 1.47. The highest BCUT2D eigenvalue weighted by Gasteiger charge is 2.40. The van der Waals surface area contributed by atoms with Crippen LogP contribution in [-0.2, 0) is 4.74 Å². The quantitative estimate of drug-likeness (QED) is 0.492. The second-order valence-electron chi connectivity index (χ2n) is 3.26. The number of ether oxygens (including phenoxy) is 1. The molecule has 0 aliphatic carbocycles. The van der Waals surface area contributed by atoms with Gasteiger partial charge in [0.25, 0.3) is 0 Å². The van der Waals surface area contributed by atoms with Crippen molar-refractivity contribution in [2.45, 2.75) is 50.8 Å². The molecule has 1 aliphatic heterocycles. The Balaban J connectivity index is 2.63. The maximum Gasteiger partial charge on any atom is 0.111 e. The molecule has 5 atom stereocenters. The summed E-state index contributed by atoms with van der Waals surface area (Å²) in [5.74, 6) is 0. The van der Waals surface area contributed by atoms with Crippen LogP contribution in [0.15, 0.2) is 0 Å². The number of aliphatic hydroxyl groups excluding tert-OH is 3. The maximum absolute atomic E-state index is 9.39. The Bertz CT molecular complexity index is 145. The van der Waals surface area contributed by atoms with E-state index in [0.717, 1.165) is 0 Å². The van der Waals surface area contributed by atoms with Gasteiger partial charge in [0, 0.05) is 0 Å². The molecule has 72 valence electrons. The largest absolute Gasteiger partial charge is 0.388 e. The fourth-order valence-electron chi connectivity index (χ4n) is 1.47. The van der Waals surface area contributed by atoms with Crippen molar-refractivity contribution in [3.63, 3.8) is 0 Å². The molecule has 0 amide bonds. The van der Waals surface area contributed by atoms with E-state index in [4.69, 9.17) is 4.74 Å². The lowest BCUT2D eigenvalue weighted by Crippen LogP contribution is -2.56. The zero-order valence-electron chi connectivity index (χ0n) is 7.34. The topological polar surface area (TPSA) is 69.9 Å². The van der Waals surface area contributed by atoms with Crippen molar-refractivity contribution < 1.29 is 20.1 Å². The van der Waals surface area contributed by atoms with Crippen LogP contribution in [0.3, 0.4) is 0 Å². The standard InChI is InChI=1S/C8H16O4/c1-3-5-7(10)8(11)6(9)4(2)12-5/h4-11H,3H2,1-2H3/t4-,5+,6-,7+,8+/m0/s1. The summed E-state index contributed by atoms with van der Waals surface area (Å²) in [6, 6.07) is 0. The van der Waals surface area contributed by atoms with Crippen molar-refractivity contribution in [2.24, 2.45) is 0 Å². The number of aliphatic hydroxyl groups is 3. The monoisotopic (exact) mass is 176 g/mol. The summed E-state index contributed by atoms with van der Waals surface area (Å²) in [6.07, 6.45) is -3.18. The first-order valence-electron chi connectivity index (χ1n) is 4.27. The lowest BCUT2D eigenvalue weighted by molar-refractivity contribution is -0.217. The molecule has 0 unspecified atom stereocenters. The van der Waals surface area contributed by atoms with Gasteiger partial charge in [0.2, 0.25) is 0 Å².